The first-order valence-corrected chi connectivity index (χ1v) is 3.90. The summed E-state index contributed by atoms with van der Waals surface area (Å²) in [5.74, 6) is -0.741. The average Bonchev–Trinajstić information content (AvgIpc) is 2.12. The lowest BCUT2D eigenvalue weighted by molar-refractivity contribution is 0.549. The van der Waals surface area contributed by atoms with Crippen LogP contribution in [-0.4, -0.2) is 23.6 Å². The summed E-state index contributed by atoms with van der Waals surface area (Å²) in [5.41, 5.74) is 0. The molecule has 0 unspecified atom stereocenters. The summed E-state index contributed by atoms with van der Waals surface area (Å²) < 4.78 is 31.7. The van der Waals surface area contributed by atoms with Crippen LogP contribution in [0.4, 0.5) is 3.89 Å². The van der Waals surface area contributed by atoms with E-state index in [1.54, 1.807) is 0 Å². The third-order valence-electron chi connectivity index (χ3n) is 0.774. The third-order valence-corrected chi connectivity index (χ3v) is 1.39. The molecule has 7 heteroatoms. The second kappa shape index (κ2) is 2.33. The Bertz CT molecular complexity index is 292. The van der Waals surface area contributed by atoms with Gasteiger partial charge in [-0.25, -0.2) is 4.98 Å². The molecule has 1 heterocycles. The molecule has 0 fully saturated rings. The van der Waals surface area contributed by atoms with Crippen molar-refractivity contribution in [3.63, 3.8) is 0 Å². The molecule has 5 nitrogen and oxygen atoms in total. The van der Waals surface area contributed by atoms with Gasteiger partial charge in [0.25, 0.3) is 0 Å². The van der Waals surface area contributed by atoms with Gasteiger partial charge in [0.2, 0.25) is 0 Å². The molecule has 0 atom stereocenters. The molecule has 0 aromatic carbocycles. The summed E-state index contributed by atoms with van der Waals surface area (Å²) in [6.45, 7) is 0. The fourth-order valence-corrected chi connectivity index (χ4v) is 0.929. The molecule has 0 bridgehead atoms. The van der Waals surface area contributed by atoms with E-state index in [0.29, 0.717) is 0 Å². The van der Waals surface area contributed by atoms with Gasteiger partial charge < -0.3 is 0 Å². The zero-order chi connectivity index (χ0) is 7.61. The average molecular weight is 165 g/mol. The Labute approximate surface area is 56.5 Å². The largest absolute Gasteiger partial charge is 0.309 e. The molecular weight excluding hydrogens is 161 g/mol. The molecule has 0 aliphatic carbocycles. The first-order chi connectivity index (χ1) is 4.58. The number of aromatic amines is 1. The van der Waals surface area contributed by atoms with Gasteiger partial charge in [-0.1, -0.05) is 0 Å². The highest BCUT2D eigenvalue weighted by molar-refractivity contribution is 7.85. The molecule has 1 aromatic heterocycles. The van der Waals surface area contributed by atoms with E-state index < -0.39 is 16.0 Å². The van der Waals surface area contributed by atoms with E-state index in [2.05, 4.69) is 15.2 Å². The van der Waals surface area contributed by atoms with E-state index in [0.717, 1.165) is 6.33 Å². The number of hydrogen-bond acceptors (Lipinski definition) is 4. The summed E-state index contributed by atoms with van der Waals surface area (Å²) >= 11 is 0. The predicted octanol–water partition coefficient (Wildman–Crippen LogP) is -0.396. The maximum Gasteiger partial charge on any atom is 0.309 e. The first kappa shape index (κ1) is 7.13. The van der Waals surface area contributed by atoms with Gasteiger partial charge >= 0.3 is 10.2 Å². The fraction of sp³-hybridized carbons (Fsp3) is 0.333. The summed E-state index contributed by atoms with van der Waals surface area (Å²) in [5, 5.41) is 5.55. The van der Waals surface area contributed by atoms with Crippen molar-refractivity contribution >= 4 is 10.2 Å². The summed E-state index contributed by atoms with van der Waals surface area (Å²) in [4.78, 5) is 3.42. The van der Waals surface area contributed by atoms with E-state index in [4.69, 9.17) is 0 Å². The summed E-state index contributed by atoms with van der Waals surface area (Å²) in [6, 6.07) is 0. The molecule has 0 aliphatic heterocycles. The lowest BCUT2D eigenvalue weighted by Gasteiger charge is -1.85. The minimum Gasteiger partial charge on any atom is -0.262 e. The lowest BCUT2D eigenvalue weighted by atomic mass is 10.7. The van der Waals surface area contributed by atoms with Gasteiger partial charge in [-0.15, -0.1) is 3.89 Å². The maximum atomic E-state index is 11.8. The third kappa shape index (κ3) is 2.09. The highest BCUT2D eigenvalue weighted by Crippen LogP contribution is 1.98. The normalized spacial score (nSPS) is 11.7. The van der Waals surface area contributed by atoms with Crippen LogP contribution in [0.15, 0.2) is 6.33 Å². The Morgan fingerprint density at radius 2 is 2.40 bits per heavy atom. The van der Waals surface area contributed by atoms with E-state index in [1.165, 1.54) is 0 Å². The highest BCUT2D eigenvalue weighted by atomic mass is 32.3. The topological polar surface area (TPSA) is 75.7 Å². The molecule has 0 saturated heterocycles. The number of nitrogens with one attached hydrogen (secondary N) is 1. The van der Waals surface area contributed by atoms with Crippen LogP contribution in [0.5, 0.6) is 0 Å². The second-order valence-electron chi connectivity index (χ2n) is 1.62. The van der Waals surface area contributed by atoms with Gasteiger partial charge in [0.1, 0.15) is 17.9 Å². The lowest BCUT2D eigenvalue weighted by Crippen LogP contribution is -1.97. The zero-order valence-electron chi connectivity index (χ0n) is 4.78. The van der Waals surface area contributed by atoms with Crippen molar-refractivity contribution in [2.45, 2.75) is 5.75 Å². The smallest absolute Gasteiger partial charge is 0.262 e. The molecule has 0 aliphatic rings. The number of halogens is 1. The maximum absolute atomic E-state index is 11.8. The van der Waals surface area contributed by atoms with Gasteiger partial charge in [-0.2, -0.15) is 13.5 Å². The van der Waals surface area contributed by atoms with E-state index in [-0.39, 0.29) is 5.82 Å². The van der Waals surface area contributed by atoms with Crippen molar-refractivity contribution in [2.24, 2.45) is 0 Å². The fourth-order valence-electron chi connectivity index (χ4n) is 0.464. The van der Waals surface area contributed by atoms with Crippen molar-refractivity contribution in [1.29, 1.82) is 0 Å². The van der Waals surface area contributed by atoms with Crippen LogP contribution in [0.25, 0.3) is 0 Å². The SMILES string of the molecule is O=S(=O)(F)Cc1ncn[nH]1. The van der Waals surface area contributed by atoms with Crippen molar-refractivity contribution in [1.82, 2.24) is 15.2 Å². The molecule has 1 aromatic rings. The Kier molecular flexibility index (Phi) is 1.66. The van der Waals surface area contributed by atoms with Crippen molar-refractivity contribution in [2.75, 3.05) is 0 Å². The van der Waals surface area contributed by atoms with Crippen LogP contribution in [0.1, 0.15) is 5.82 Å². The van der Waals surface area contributed by atoms with Crippen LogP contribution in [0.2, 0.25) is 0 Å². The Morgan fingerprint density at radius 3 is 2.80 bits per heavy atom. The monoisotopic (exact) mass is 165 g/mol. The number of aromatic nitrogens is 3. The number of hydrogen-bond donors (Lipinski definition) is 1. The van der Waals surface area contributed by atoms with Crippen LogP contribution >= 0.6 is 0 Å². The number of H-pyrrole nitrogens is 1. The van der Waals surface area contributed by atoms with Gasteiger partial charge in [-0.05, 0) is 0 Å². The molecule has 56 valence electrons. The van der Waals surface area contributed by atoms with Crippen LogP contribution in [0, 0.1) is 0 Å². The molecule has 10 heavy (non-hydrogen) atoms. The molecule has 0 saturated carbocycles. The van der Waals surface area contributed by atoms with E-state index in [9.17, 15) is 12.3 Å². The summed E-state index contributed by atoms with van der Waals surface area (Å²) in [6.07, 6.45) is 1.11. The van der Waals surface area contributed by atoms with Crippen molar-refractivity contribution < 1.29 is 12.3 Å². The molecule has 1 N–H and O–H groups in total. The van der Waals surface area contributed by atoms with Crippen molar-refractivity contribution in [3.8, 4) is 0 Å². The van der Waals surface area contributed by atoms with Crippen LogP contribution < -0.4 is 0 Å². The van der Waals surface area contributed by atoms with Crippen LogP contribution in [-0.2, 0) is 16.0 Å². The minimum atomic E-state index is -4.48. The predicted molar refractivity (Wildman–Crippen MR) is 30.1 cm³/mol. The standard InChI is InChI=1S/C3H4FN3O2S/c4-10(8,9)1-3-5-2-6-7-3/h2H,1H2,(H,5,6,7). The van der Waals surface area contributed by atoms with Crippen LogP contribution in [0.3, 0.4) is 0 Å². The Balaban J connectivity index is 2.75. The molecule has 0 spiro atoms. The van der Waals surface area contributed by atoms with E-state index >= 15 is 0 Å². The minimum absolute atomic E-state index is 0.00231. The Hall–Kier alpha value is -0.980. The quantitative estimate of drug-likeness (QED) is 0.605. The number of nitrogens with zero attached hydrogens (tertiary/aromatic N) is 2. The van der Waals surface area contributed by atoms with E-state index in [1.807, 2.05) is 0 Å². The first-order valence-electron chi connectivity index (χ1n) is 2.34. The molecular formula is C3H4FN3O2S. The Morgan fingerprint density at radius 1 is 1.70 bits per heavy atom. The zero-order valence-corrected chi connectivity index (χ0v) is 5.60. The van der Waals surface area contributed by atoms with Gasteiger partial charge in [0, 0.05) is 0 Å². The molecule has 0 amide bonds. The number of rotatable bonds is 2. The molecule has 1 rings (SSSR count). The summed E-state index contributed by atoms with van der Waals surface area (Å²) in [7, 11) is -4.48. The van der Waals surface area contributed by atoms with Gasteiger partial charge in [0.05, 0.1) is 0 Å². The van der Waals surface area contributed by atoms with Gasteiger partial charge in [-0.3, -0.25) is 5.10 Å². The van der Waals surface area contributed by atoms with Crippen molar-refractivity contribution in [3.05, 3.63) is 12.2 Å². The highest BCUT2D eigenvalue weighted by Gasteiger charge is 2.09. The molecule has 0 radical (unpaired) electrons. The van der Waals surface area contributed by atoms with Gasteiger partial charge in [0.15, 0.2) is 0 Å². The second-order valence-corrected chi connectivity index (χ2v) is 2.98.